The predicted octanol–water partition coefficient (Wildman–Crippen LogP) is 3.13. The Morgan fingerprint density at radius 2 is 2.00 bits per heavy atom. The summed E-state index contributed by atoms with van der Waals surface area (Å²) in [6.07, 6.45) is 0. The summed E-state index contributed by atoms with van der Waals surface area (Å²) < 4.78 is 6.68. The maximum absolute atomic E-state index is 12.5. The van der Waals surface area contributed by atoms with Crippen LogP contribution in [0.3, 0.4) is 0 Å². The highest BCUT2D eigenvalue weighted by atomic mass is 79.9. The van der Waals surface area contributed by atoms with Crippen molar-refractivity contribution in [2.75, 3.05) is 19.7 Å². The lowest BCUT2D eigenvalue weighted by Gasteiger charge is -2.40. The molecule has 0 saturated carbocycles. The van der Waals surface area contributed by atoms with Gasteiger partial charge in [-0.05, 0) is 32.9 Å². The summed E-state index contributed by atoms with van der Waals surface area (Å²) in [4.78, 5) is 14.7. The highest BCUT2D eigenvalue weighted by Gasteiger charge is 2.32. The van der Waals surface area contributed by atoms with Crippen LogP contribution in [0.4, 0.5) is 0 Å². The van der Waals surface area contributed by atoms with Crippen molar-refractivity contribution in [3.8, 4) is 0 Å². The molecular weight excluding hydrogens is 306 g/mol. The lowest BCUT2D eigenvalue weighted by Crippen LogP contribution is -2.53. The summed E-state index contributed by atoms with van der Waals surface area (Å²) >= 11 is 3.38. The zero-order chi connectivity index (χ0) is 14.0. The van der Waals surface area contributed by atoms with Gasteiger partial charge in [-0.2, -0.15) is 0 Å². The summed E-state index contributed by atoms with van der Waals surface area (Å²) in [7, 11) is 0. The Balaban J connectivity index is 2.08. The second kappa shape index (κ2) is 5.73. The first kappa shape index (κ1) is 14.7. The van der Waals surface area contributed by atoms with Crippen molar-refractivity contribution < 1.29 is 9.53 Å². The number of ether oxygens (including phenoxy) is 1. The lowest BCUT2D eigenvalue weighted by atomic mass is 10.0. The number of ketones is 1. The summed E-state index contributed by atoms with van der Waals surface area (Å²) in [5.74, 6) is 0.171. The van der Waals surface area contributed by atoms with Gasteiger partial charge in [0.25, 0.3) is 0 Å². The normalized spacial score (nSPS) is 21.1. The van der Waals surface area contributed by atoms with Crippen LogP contribution in [0.5, 0.6) is 0 Å². The second-order valence-electron chi connectivity index (χ2n) is 5.63. The third-order valence-electron chi connectivity index (χ3n) is 3.51. The first-order valence-electron chi connectivity index (χ1n) is 6.57. The van der Waals surface area contributed by atoms with Gasteiger partial charge in [0.1, 0.15) is 0 Å². The Labute approximate surface area is 123 Å². The molecule has 1 aliphatic heterocycles. The number of benzene rings is 1. The highest BCUT2D eigenvalue weighted by molar-refractivity contribution is 9.10. The van der Waals surface area contributed by atoms with Gasteiger partial charge in [0.05, 0.1) is 18.2 Å². The largest absolute Gasteiger partial charge is 0.373 e. The molecule has 0 amide bonds. The van der Waals surface area contributed by atoms with Crippen LogP contribution >= 0.6 is 15.9 Å². The van der Waals surface area contributed by atoms with E-state index in [0.29, 0.717) is 6.61 Å². The molecule has 0 radical (unpaired) electrons. The summed E-state index contributed by atoms with van der Waals surface area (Å²) in [5, 5.41) is 0. The SMILES string of the molecule is CC(C(=O)c1ccc(Br)cc1)N1CCOC(C)(C)C1. The lowest BCUT2D eigenvalue weighted by molar-refractivity contribution is -0.0915. The van der Waals surface area contributed by atoms with Crippen LogP contribution in [-0.2, 0) is 4.74 Å². The summed E-state index contributed by atoms with van der Waals surface area (Å²) in [5.41, 5.74) is 0.590. The predicted molar refractivity (Wildman–Crippen MR) is 79.5 cm³/mol. The Bertz CT molecular complexity index is 456. The molecule has 1 atom stereocenters. The zero-order valence-corrected chi connectivity index (χ0v) is 13.2. The number of rotatable bonds is 3. The molecule has 2 rings (SSSR count). The zero-order valence-electron chi connectivity index (χ0n) is 11.6. The number of hydrogen-bond donors (Lipinski definition) is 0. The van der Waals surface area contributed by atoms with Gasteiger partial charge in [-0.15, -0.1) is 0 Å². The van der Waals surface area contributed by atoms with Gasteiger partial charge in [0.2, 0.25) is 0 Å². The Morgan fingerprint density at radius 3 is 2.58 bits per heavy atom. The van der Waals surface area contributed by atoms with E-state index in [4.69, 9.17) is 4.74 Å². The van der Waals surface area contributed by atoms with Crippen molar-refractivity contribution in [2.45, 2.75) is 32.4 Å². The van der Waals surface area contributed by atoms with E-state index in [1.165, 1.54) is 0 Å². The Kier molecular flexibility index (Phi) is 4.43. The van der Waals surface area contributed by atoms with Gasteiger partial charge in [0.15, 0.2) is 5.78 Å². The van der Waals surface area contributed by atoms with Crippen molar-refractivity contribution in [2.24, 2.45) is 0 Å². The molecule has 0 aromatic heterocycles. The highest BCUT2D eigenvalue weighted by Crippen LogP contribution is 2.20. The van der Waals surface area contributed by atoms with Gasteiger partial charge in [-0.3, -0.25) is 9.69 Å². The maximum atomic E-state index is 12.5. The fourth-order valence-corrected chi connectivity index (χ4v) is 2.67. The molecule has 1 aliphatic rings. The monoisotopic (exact) mass is 325 g/mol. The number of nitrogens with zero attached hydrogens (tertiary/aromatic N) is 1. The van der Waals surface area contributed by atoms with Gasteiger partial charge >= 0.3 is 0 Å². The van der Waals surface area contributed by atoms with Crippen LogP contribution in [-0.4, -0.2) is 42.0 Å². The number of hydrogen-bond acceptors (Lipinski definition) is 3. The molecule has 1 fully saturated rings. The van der Waals surface area contributed by atoms with Gasteiger partial charge in [0, 0.05) is 23.1 Å². The third-order valence-corrected chi connectivity index (χ3v) is 4.04. The van der Waals surface area contributed by atoms with E-state index in [0.717, 1.165) is 23.1 Å². The van der Waals surface area contributed by atoms with Crippen molar-refractivity contribution in [1.82, 2.24) is 4.90 Å². The molecule has 19 heavy (non-hydrogen) atoms. The van der Waals surface area contributed by atoms with Crippen LogP contribution < -0.4 is 0 Å². The molecule has 1 unspecified atom stereocenters. The van der Waals surface area contributed by atoms with E-state index in [2.05, 4.69) is 34.7 Å². The second-order valence-corrected chi connectivity index (χ2v) is 6.54. The fourth-order valence-electron chi connectivity index (χ4n) is 2.40. The standard InChI is InChI=1S/C15H20BrNO2/c1-11(17-8-9-19-15(2,3)10-17)14(18)12-4-6-13(16)7-5-12/h4-7,11H,8-10H2,1-3H3. The van der Waals surface area contributed by atoms with E-state index >= 15 is 0 Å². The van der Waals surface area contributed by atoms with Gasteiger partial charge < -0.3 is 4.74 Å². The number of carbonyl (C=O) groups is 1. The minimum absolute atomic E-state index is 0.107. The van der Waals surface area contributed by atoms with Crippen molar-refractivity contribution >= 4 is 21.7 Å². The van der Waals surface area contributed by atoms with Crippen LogP contribution in [0.25, 0.3) is 0 Å². The minimum Gasteiger partial charge on any atom is -0.373 e. The summed E-state index contributed by atoms with van der Waals surface area (Å²) in [6.45, 7) is 8.39. The van der Waals surface area contributed by atoms with Gasteiger partial charge in [-0.25, -0.2) is 0 Å². The molecule has 0 bridgehead atoms. The molecule has 0 N–H and O–H groups in total. The van der Waals surface area contributed by atoms with Crippen molar-refractivity contribution in [1.29, 1.82) is 0 Å². The van der Waals surface area contributed by atoms with E-state index in [9.17, 15) is 4.79 Å². The smallest absolute Gasteiger partial charge is 0.179 e. The number of morpholine rings is 1. The number of halogens is 1. The van der Waals surface area contributed by atoms with E-state index in [-0.39, 0.29) is 17.4 Å². The number of carbonyl (C=O) groups excluding carboxylic acids is 1. The molecular formula is C15H20BrNO2. The first-order valence-corrected chi connectivity index (χ1v) is 7.36. The van der Waals surface area contributed by atoms with Crippen molar-refractivity contribution in [3.63, 3.8) is 0 Å². The Hall–Kier alpha value is -0.710. The maximum Gasteiger partial charge on any atom is 0.179 e. The minimum atomic E-state index is -0.174. The molecule has 3 nitrogen and oxygen atoms in total. The average molecular weight is 326 g/mol. The van der Waals surface area contributed by atoms with Crippen LogP contribution in [0.2, 0.25) is 0 Å². The quantitative estimate of drug-likeness (QED) is 0.799. The molecule has 104 valence electrons. The van der Waals surface area contributed by atoms with Crippen molar-refractivity contribution in [3.05, 3.63) is 34.3 Å². The molecule has 0 aliphatic carbocycles. The molecule has 1 heterocycles. The molecule has 1 saturated heterocycles. The molecule has 0 spiro atoms. The molecule has 1 aromatic carbocycles. The van der Waals surface area contributed by atoms with Crippen LogP contribution in [0, 0.1) is 0 Å². The van der Waals surface area contributed by atoms with Crippen LogP contribution in [0.1, 0.15) is 31.1 Å². The van der Waals surface area contributed by atoms with Crippen LogP contribution in [0.15, 0.2) is 28.7 Å². The summed E-state index contributed by atoms with van der Waals surface area (Å²) in [6, 6.07) is 7.44. The fraction of sp³-hybridized carbons (Fsp3) is 0.533. The third kappa shape index (κ3) is 3.65. The van der Waals surface area contributed by atoms with E-state index in [1.807, 2.05) is 31.2 Å². The van der Waals surface area contributed by atoms with E-state index < -0.39 is 0 Å². The number of Topliss-reactive ketones (excluding diaryl/α,β-unsaturated/α-hetero) is 1. The van der Waals surface area contributed by atoms with E-state index in [1.54, 1.807) is 0 Å². The Morgan fingerprint density at radius 1 is 1.37 bits per heavy atom. The topological polar surface area (TPSA) is 29.5 Å². The molecule has 1 aromatic rings. The average Bonchev–Trinajstić information content (AvgIpc) is 2.37. The molecule has 4 heteroatoms. The first-order chi connectivity index (χ1) is 8.89. The van der Waals surface area contributed by atoms with Gasteiger partial charge in [-0.1, -0.05) is 28.1 Å².